The fraction of sp³-hybridized carbons (Fsp3) is 0.385. The number of hydrogen-bond acceptors (Lipinski definition) is 4. The van der Waals surface area contributed by atoms with Gasteiger partial charge in [-0.1, -0.05) is 20.8 Å². The van der Waals surface area contributed by atoms with Gasteiger partial charge in [-0.2, -0.15) is 11.3 Å². The molecule has 0 unspecified atom stereocenters. The van der Waals surface area contributed by atoms with Crippen molar-refractivity contribution >= 4 is 33.1 Å². The third-order valence-electron chi connectivity index (χ3n) is 2.68. The summed E-state index contributed by atoms with van der Waals surface area (Å²) in [7, 11) is 0. The standard InChI is InChI=1S/C13H16BrN3S/c1-7-5-18-6-8(7)12-16-10(13(2,3)4)9(14)11(15)17-12/h5-6H,1-4H3,(H2,15,16,17). The van der Waals surface area contributed by atoms with Gasteiger partial charge in [0.2, 0.25) is 0 Å². The Balaban J connectivity index is 2.66. The van der Waals surface area contributed by atoms with Gasteiger partial charge in [-0.3, -0.25) is 0 Å². The van der Waals surface area contributed by atoms with Gasteiger partial charge in [-0.05, 0) is 33.8 Å². The lowest BCUT2D eigenvalue weighted by Crippen LogP contribution is -2.17. The highest BCUT2D eigenvalue weighted by Gasteiger charge is 2.23. The summed E-state index contributed by atoms with van der Waals surface area (Å²) in [5, 5.41) is 4.15. The van der Waals surface area contributed by atoms with E-state index in [2.05, 4.69) is 64.4 Å². The van der Waals surface area contributed by atoms with Crippen LogP contribution >= 0.6 is 27.3 Å². The largest absolute Gasteiger partial charge is 0.383 e. The summed E-state index contributed by atoms with van der Waals surface area (Å²) in [6.45, 7) is 8.40. The quantitative estimate of drug-likeness (QED) is 0.856. The molecule has 0 aliphatic carbocycles. The Morgan fingerprint density at radius 1 is 1.22 bits per heavy atom. The van der Waals surface area contributed by atoms with E-state index in [1.54, 1.807) is 11.3 Å². The van der Waals surface area contributed by atoms with Crippen LogP contribution in [0.25, 0.3) is 11.4 Å². The van der Waals surface area contributed by atoms with Crippen LogP contribution < -0.4 is 5.73 Å². The number of nitrogens with two attached hydrogens (primary N) is 1. The summed E-state index contributed by atoms with van der Waals surface area (Å²) in [6, 6.07) is 0. The van der Waals surface area contributed by atoms with Gasteiger partial charge in [0.15, 0.2) is 5.82 Å². The zero-order valence-corrected chi connectivity index (χ0v) is 13.3. The Morgan fingerprint density at radius 2 is 1.89 bits per heavy atom. The van der Waals surface area contributed by atoms with Gasteiger partial charge in [-0.25, -0.2) is 9.97 Å². The highest BCUT2D eigenvalue weighted by Crippen LogP contribution is 2.34. The van der Waals surface area contributed by atoms with Crippen LogP contribution in [0, 0.1) is 6.92 Å². The maximum Gasteiger partial charge on any atom is 0.162 e. The van der Waals surface area contributed by atoms with E-state index in [9.17, 15) is 0 Å². The lowest BCUT2D eigenvalue weighted by atomic mass is 9.91. The van der Waals surface area contributed by atoms with Crippen molar-refractivity contribution in [3.8, 4) is 11.4 Å². The van der Waals surface area contributed by atoms with Crippen LogP contribution in [0.15, 0.2) is 15.2 Å². The van der Waals surface area contributed by atoms with Gasteiger partial charge < -0.3 is 5.73 Å². The number of halogens is 1. The molecule has 2 aromatic heterocycles. The first-order valence-electron chi connectivity index (χ1n) is 5.67. The molecule has 0 saturated heterocycles. The zero-order chi connectivity index (χ0) is 13.5. The number of rotatable bonds is 1. The summed E-state index contributed by atoms with van der Waals surface area (Å²) in [6.07, 6.45) is 0. The van der Waals surface area contributed by atoms with E-state index in [1.165, 1.54) is 5.56 Å². The summed E-state index contributed by atoms with van der Waals surface area (Å²) in [5.41, 5.74) is 9.09. The highest BCUT2D eigenvalue weighted by molar-refractivity contribution is 9.10. The van der Waals surface area contributed by atoms with Gasteiger partial charge in [0, 0.05) is 16.4 Å². The van der Waals surface area contributed by atoms with E-state index in [1.807, 2.05) is 0 Å². The second-order valence-corrected chi connectivity index (χ2v) is 6.85. The molecule has 2 aromatic rings. The second-order valence-electron chi connectivity index (χ2n) is 5.31. The summed E-state index contributed by atoms with van der Waals surface area (Å²) >= 11 is 5.14. The lowest BCUT2D eigenvalue weighted by Gasteiger charge is -2.20. The van der Waals surface area contributed by atoms with Crippen molar-refractivity contribution < 1.29 is 0 Å². The average molecular weight is 326 g/mol. The number of thiophene rings is 1. The molecule has 0 saturated carbocycles. The van der Waals surface area contributed by atoms with Crippen LogP contribution in [-0.2, 0) is 5.41 Å². The van der Waals surface area contributed by atoms with Crippen LogP contribution in [0.4, 0.5) is 5.82 Å². The van der Waals surface area contributed by atoms with Crippen molar-refractivity contribution in [1.29, 1.82) is 0 Å². The summed E-state index contributed by atoms with van der Waals surface area (Å²) in [5.74, 6) is 1.20. The number of nitrogen functional groups attached to an aromatic ring is 1. The first-order chi connectivity index (χ1) is 8.30. The molecule has 5 heteroatoms. The Kier molecular flexibility index (Phi) is 3.47. The maximum atomic E-state index is 5.98. The Hall–Kier alpha value is -0.940. The topological polar surface area (TPSA) is 51.8 Å². The van der Waals surface area contributed by atoms with Crippen molar-refractivity contribution in [1.82, 2.24) is 9.97 Å². The molecular formula is C13H16BrN3S. The molecule has 2 heterocycles. The monoisotopic (exact) mass is 325 g/mol. The molecule has 0 aliphatic rings. The van der Waals surface area contributed by atoms with Crippen molar-refractivity contribution in [3.05, 3.63) is 26.5 Å². The molecule has 96 valence electrons. The van der Waals surface area contributed by atoms with Crippen LogP contribution in [-0.4, -0.2) is 9.97 Å². The number of aromatic nitrogens is 2. The number of hydrogen-bond donors (Lipinski definition) is 1. The number of anilines is 1. The smallest absolute Gasteiger partial charge is 0.162 e. The highest BCUT2D eigenvalue weighted by atomic mass is 79.9. The molecule has 2 N–H and O–H groups in total. The van der Waals surface area contributed by atoms with Crippen molar-refractivity contribution in [2.45, 2.75) is 33.1 Å². The van der Waals surface area contributed by atoms with Crippen molar-refractivity contribution in [2.75, 3.05) is 5.73 Å². The predicted octanol–water partition coefficient (Wildman–Crippen LogP) is 4.16. The van der Waals surface area contributed by atoms with E-state index < -0.39 is 0 Å². The molecule has 0 bridgehead atoms. The zero-order valence-electron chi connectivity index (χ0n) is 10.9. The van der Waals surface area contributed by atoms with E-state index in [-0.39, 0.29) is 5.41 Å². The minimum atomic E-state index is -0.0748. The number of aryl methyl sites for hydroxylation is 1. The van der Waals surface area contributed by atoms with Crippen LogP contribution in [0.5, 0.6) is 0 Å². The van der Waals surface area contributed by atoms with Gasteiger partial charge in [0.25, 0.3) is 0 Å². The average Bonchev–Trinajstić information content (AvgIpc) is 2.66. The SMILES string of the molecule is Cc1cscc1-c1nc(N)c(Br)c(C(C)(C)C)n1. The predicted molar refractivity (Wildman–Crippen MR) is 80.9 cm³/mol. The van der Waals surface area contributed by atoms with Crippen molar-refractivity contribution in [3.63, 3.8) is 0 Å². The molecule has 0 fully saturated rings. The Bertz CT molecular complexity index is 584. The Morgan fingerprint density at radius 3 is 2.39 bits per heavy atom. The van der Waals surface area contributed by atoms with E-state index in [0.717, 1.165) is 15.7 Å². The van der Waals surface area contributed by atoms with Gasteiger partial charge in [0.1, 0.15) is 5.82 Å². The van der Waals surface area contributed by atoms with Gasteiger partial charge >= 0.3 is 0 Å². The molecule has 18 heavy (non-hydrogen) atoms. The molecule has 2 rings (SSSR count). The fourth-order valence-corrected chi connectivity index (χ4v) is 3.27. The molecule has 0 aliphatic heterocycles. The first-order valence-corrected chi connectivity index (χ1v) is 7.41. The Labute approximate surface area is 120 Å². The van der Waals surface area contributed by atoms with Crippen molar-refractivity contribution in [2.24, 2.45) is 0 Å². The lowest BCUT2D eigenvalue weighted by molar-refractivity contribution is 0.565. The maximum absolute atomic E-state index is 5.98. The second kappa shape index (κ2) is 4.63. The molecule has 0 spiro atoms. The molecule has 0 radical (unpaired) electrons. The van der Waals surface area contributed by atoms with Crippen LogP contribution in [0.3, 0.4) is 0 Å². The molecule has 0 atom stereocenters. The van der Waals surface area contributed by atoms with Crippen LogP contribution in [0.2, 0.25) is 0 Å². The van der Waals surface area contributed by atoms with E-state index >= 15 is 0 Å². The normalized spacial score (nSPS) is 11.8. The molecular weight excluding hydrogens is 310 g/mol. The van der Waals surface area contributed by atoms with E-state index in [4.69, 9.17) is 5.73 Å². The third kappa shape index (κ3) is 2.42. The third-order valence-corrected chi connectivity index (χ3v) is 4.33. The van der Waals surface area contributed by atoms with Crippen LogP contribution in [0.1, 0.15) is 32.0 Å². The minimum absolute atomic E-state index is 0.0748. The number of nitrogens with zero attached hydrogens (tertiary/aromatic N) is 2. The summed E-state index contributed by atoms with van der Waals surface area (Å²) in [4.78, 5) is 9.05. The molecule has 0 aromatic carbocycles. The van der Waals surface area contributed by atoms with E-state index in [0.29, 0.717) is 11.6 Å². The summed E-state index contributed by atoms with van der Waals surface area (Å²) < 4.78 is 0.798. The first kappa shape index (κ1) is 13.5. The van der Waals surface area contributed by atoms with Gasteiger partial charge in [0.05, 0.1) is 10.2 Å². The molecule has 3 nitrogen and oxygen atoms in total. The molecule has 0 amide bonds. The minimum Gasteiger partial charge on any atom is -0.383 e. The fourth-order valence-electron chi connectivity index (χ4n) is 1.67. The van der Waals surface area contributed by atoms with Gasteiger partial charge in [-0.15, -0.1) is 0 Å².